The van der Waals surface area contributed by atoms with Crippen LogP contribution in [0.2, 0.25) is 0 Å². The van der Waals surface area contributed by atoms with Crippen molar-refractivity contribution in [3.05, 3.63) is 26.7 Å². The Kier molecular flexibility index (Phi) is 4.55. The smallest absolute Gasteiger partial charge is 0.326 e. The van der Waals surface area contributed by atoms with Crippen molar-refractivity contribution in [2.75, 3.05) is 0 Å². The van der Waals surface area contributed by atoms with E-state index in [1.807, 2.05) is 39.2 Å². The summed E-state index contributed by atoms with van der Waals surface area (Å²) in [5.74, 6) is 0.737. The molecule has 2 aromatic rings. The van der Waals surface area contributed by atoms with Crippen molar-refractivity contribution in [3.8, 4) is 0 Å². The molecule has 0 saturated heterocycles. The van der Waals surface area contributed by atoms with Crippen molar-refractivity contribution in [2.24, 2.45) is 5.73 Å². The Morgan fingerprint density at radius 3 is 2.32 bits per heavy atom. The molecule has 0 bridgehead atoms. The normalized spacial score (nSPS) is 13.2. The molecule has 2 rings (SSSR count). The second kappa shape index (κ2) is 6.08. The number of aryl methyl sites for hydroxylation is 2. The summed E-state index contributed by atoms with van der Waals surface area (Å²) in [5.41, 5.74) is 6.27. The molecule has 0 spiro atoms. The van der Waals surface area contributed by atoms with E-state index in [1.54, 1.807) is 4.57 Å². The van der Waals surface area contributed by atoms with Crippen LogP contribution in [0.3, 0.4) is 0 Å². The monoisotopic (exact) mass is 307 g/mol. The van der Waals surface area contributed by atoms with Crippen LogP contribution in [-0.4, -0.2) is 24.7 Å². The molecule has 0 fully saturated rings. The van der Waals surface area contributed by atoms with Crippen LogP contribution in [0.1, 0.15) is 46.0 Å². The molecule has 0 amide bonds. The minimum atomic E-state index is -0.336. The van der Waals surface area contributed by atoms with E-state index in [1.165, 1.54) is 4.57 Å². The first-order valence-electron chi connectivity index (χ1n) is 7.81. The summed E-state index contributed by atoms with van der Waals surface area (Å²) in [7, 11) is 0. The largest absolute Gasteiger partial charge is 0.333 e. The van der Waals surface area contributed by atoms with Crippen LogP contribution in [0, 0.1) is 6.92 Å². The third kappa shape index (κ3) is 2.49. The van der Waals surface area contributed by atoms with Crippen LogP contribution in [0.25, 0.3) is 11.2 Å². The summed E-state index contributed by atoms with van der Waals surface area (Å²) in [4.78, 5) is 30.0. The number of nitrogens with two attached hydrogens (primary N) is 1. The molecule has 2 N–H and O–H groups in total. The zero-order valence-electron chi connectivity index (χ0n) is 14.0. The molecule has 0 saturated carbocycles. The molecule has 1 atom stereocenters. The molecule has 2 aromatic heterocycles. The number of fused-ring (bicyclic) bond motifs is 1. The zero-order valence-corrected chi connectivity index (χ0v) is 14.0. The second-order valence-electron chi connectivity index (χ2n) is 5.91. The average molecular weight is 307 g/mol. The maximum Gasteiger partial charge on any atom is 0.333 e. The van der Waals surface area contributed by atoms with Gasteiger partial charge in [0.1, 0.15) is 5.82 Å². The summed E-state index contributed by atoms with van der Waals surface area (Å²) in [6.07, 6.45) is 0.706. The van der Waals surface area contributed by atoms with E-state index < -0.39 is 0 Å². The number of rotatable bonds is 5. The Morgan fingerprint density at radius 1 is 1.18 bits per heavy atom. The number of aromatic nitrogens is 4. The zero-order chi connectivity index (χ0) is 16.6. The SMILES string of the molecule is CCC(N)Cn1c(=O)c2c(nc(C)n2CC)n(C(C)C)c1=O. The summed E-state index contributed by atoms with van der Waals surface area (Å²) >= 11 is 0. The first-order chi connectivity index (χ1) is 10.3. The second-order valence-corrected chi connectivity index (χ2v) is 5.91. The van der Waals surface area contributed by atoms with Gasteiger partial charge in [-0.1, -0.05) is 6.92 Å². The van der Waals surface area contributed by atoms with Gasteiger partial charge in [0.15, 0.2) is 11.2 Å². The van der Waals surface area contributed by atoms with E-state index in [0.29, 0.717) is 24.1 Å². The van der Waals surface area contributed by atoms with Gasteiger partial charge in [-0.05, 0) is 34.1 Å². The molecule has 0 aromatic carbocycles. The lowest BCUT2D eigenvalue weighted by Gasteiger charge is -2.16. The van der Waals surface area contributed by atoms with Crippen molar-refractivity contribution in [1.29, 1.82) is 0 Å². The summed E-state index contributed by atoms with van der Waals surface area (Å²) in [6, 6.07) is -0.304. The molecule has 0 aliphatic heterocycles. The summed E-state index contributed by atoms with van der Waals surface area (Å²) in [6.45, 7) is 10.4. The van der Waals surface area contributed by atoms with Gasteiger partial charge in [0.2, 0.25) is 0 Å². The van der Waals surface area contributed by atoms with Crippen molar-refractivity contribution in [2.45, 2.75) is 66.2 Å². The Morgan fingerprint density at radius 2 is 1.82 bits per heavy atom. The van der Waals surface area contributed by atoms with E-state index in [-0.39, 0.29) is 29.9 Å². The highest BCUT2D eigenvalue weighted by molar-refractivity contribution is 5.71. The molecule has 0 radical (unpaired) electrons. The third-order valence-electron chi connectivity index (χ3n) is 4.03. The molecular weight excluding hydrogens is 282 g/mol. The predicted octanol–water partition coefficient (Wildman–Crippen LogP) is 1.01. The lowest BCUT2D eigenvalue weighted by Crippen LogP contribution is -2.44. The molecule has 7 nitrogen and oxygen atoms in total. The topological polar surface area (TPSA) is 87.8 Å². The van der Waals surface area contributed by atoms with Gasteiger partial charge in [-0.3, -0.25) is 13.9 Å². The molecule has 7 heteroatoms. The van der Waals surface area contributed by atoms with Crippen molar-refractivity contribution in [1.82, 2.24) is 18.7 Å². The molecule has 0 aliphatic carbocycles. The Hall–Kier alpha value is -1.89. The van der Waals surface area contributed by atoms with Gasteiger partial charge in [-0.25, -0.2) is 9.78 Å². The van der Waals surface area contributed by atoms with E-state index in [4.69, 9.17) is 5.73 Å². The van der Waals surface area contributed by atoms with Crippen LogP contribution in [0.5, 0.6) is 0 Å². The van der Waals surface area contributed by atoms with E-state index in [9.17, 15) is 9.59 Å². The van der Waals surface area contributed by atoms with E-state index >= 15 is 0 Å². The highest BCUT2D eigenvalue weighted by Crippen LogP contribution is 2.14. The lowest BCUT2D eigenvalue weighted by atomic mass is 10.2. The van der Waals surface area contributed by atoms with Crippen LogP contribution in [0.15, 0.2) is 9.59 Å². The fourth-order valence-corrected chi connectivity index (χ4v) is 2.74. The van der Waals surface area contributed by atoms with Gasteiger partial charge in [0.05, 0.1) is 0 Å². The number of imidazole rings is 1. The van der Waals surface area contributed by atoms with Gasteiger partial charge in [-0.15, -0.1) is 0 Å². The molecule has 1 unspecified atom stereocenters. The summed E-state index contributed by atoms with van der Waals surface area (Å²) in [5, 5.41) is 0. The fraction of sp³-hybridized carbons (Fsp3) is 0.667. The van der Waals surface area contributed by atoms with Crippen molar-refractivity contribution in [3.63, 3.8) is 0 Å². The van der Waals surface area contributed by atoms with Gasteiger partial charge in [-0.2, -0.15) is 0 Å². The van der Waals surface area contributed by atoms with Crippen LogP contribution >= 0.6 is 0 Å². The molecule has 122 valence electrons. The molecule has 0 aliphatic rings. The standard InChI is InChI=1S/C15H25N5O2/c1-6-11(16)8-19-14(21)12-13(17-10(5)18(12)7-2)20(9(3)4)15(19)22/h9,11H,6-8,16H2,1-5H3. The predicted molar refractivity (Wildman–Crippen MR) is 87.3 cm³/mol. The lowest BCUT2D eigenvalue weighted by molar-refractivity contribution is 0.473. The minimum absolute atomic E-state index is 0.0840. The third-order valence-corrected chi connectivity index (χ3v) is 4.03. The first-order valence-corrected chi connectivity index (χ1v) is 7.81. The maximum atomic E-state index is 12.8. The van der Waals surface area contributed by atoms with Crippen LogP contribution < -0.4 is 17.0 Å². The Bertz CT molecular complexity index is 797. The summed E-state index contributed by atoms with van der Waals surface area (Å²) < 4.78 is 4.69. The number of nitrogens with zero attached hydrogens (tertiary/aromatic N) is 4. The highest BCUT2D eigenvalue weighted by atomic mass is 16.2. The van der Waals surface area contributed by atoms with Crippen LogP contribution in [0.4, 0.5) is 0 Å². The van der Waals surface area contributed by atoms with Crippen molar-refractivity contribution >= 4 is 11.2 Å². The Labute approximate surface area is 129 Å². The number of hydrogen-bond acceptors (Lipinski definition) is 4. The first kappa shape index (κ1) is 16.5. The van der Waals surface area contributed by atoms with Crippen molar-refractivity contribution < 1.29 is 0 Å². The highest BCUT2D eigenvalue weighted by Gasteiger charge is 2.21. The fourth-order valence-electron chi connectivity index (χ4n) is 2.74. The van der Waals surface area contributed by atoms with E-state index in [2.05, 4.69) is 4.98 Å². The van der Waals surface area contributed by atoms with Gasteiger partial charge in [0, 0.05) is 25.2 Å². The Balaban J connectivity index is 2.92. The van der Waals surface area contributed by atoms with Gasteiger partial charge in [0.25, 0.3) is 5.56 Å². The minimum Gasteiger partial charge on any atom is -0.326 e. The molecule has 22 heavy (non-hydrogen) atoms. The quantitative estimate of drug-likeness (QED) is 0.893. The molecular formula is C15H25N5O2. The maximum absolute atomic E-state index is 12.8. The van der Waals surface area contributed by atoms with Gasteiger partial charge < -0.3 is 10.3 Å². The molecule has 2 heterocycles. The number of hydrogen-bond donors (Lipinski definition) is 1. The van der Waals surface area contributed by atoms with E-state index in [0.717, 1.165) is 5.82 Å². The van der Waals surface area contributed by atoms with Crippen LogP contribution in [-0.2, 0) is 13.1 Å². The average Bonchev–Trinajstić information content (AvgIpc) is 2.78. The van der Waals surface area contributed by atoms with Gasteiger partial charge >= 0.3 is 5.69 Å².